The molecule has 1 fully saturated rings. The van der Waals surface area contributed by atoms with Gasteiger partial charge in [-0.15, -0.1) is 11.8 Å². The molecule has 1 unspecified atom stereocenters. The predicted molar refractivity (Wildman–Crippen MR) is 78.6 cm³/mol. The molecule has 18 heavy (non-hydrogen) atoms. The van der Waals surface area contributed by atoms with E-state index in [-0.39, 0.29) is 5.91 Å². The van der Waals surface area contributed by atoms with Crippen molar-refractivity contribution in [3.05, 3.63) is 28.7 Å². The molecule has 3 N–H and O–H groups in total. The Balaban J connectivity index is 1.98. The Hall–Kier alpha value is -0.520. The van der Waals surface area contributed by atoms with Crippen LogP contribution in [0.4, 0.5) is 0 Å². The third-order valence-electron chi connectivity index (χ3n) is 2.97. The summed E-state index contributed by atoms with van der Waals surface area (Å²) in [6.07, 6.45) is 2.29. The average molecular weight is 329 g/mol. The van der Waals surface area contributed by atoms with Crippen LogP contribution in [-0.2, 0) is 4.79 Å². The quantitative estimate of drug-likeness (QED) is 0.789. The van der Waals surface area contributed by atoms with Gasteiger partial charge in [0.25, 0.3) is 0 Å². The number of hydrogen-bond donors (Lipinski definition) is 2. The van der Waals surface area contributed by atoms with E-state index in [1.165, 1.54) is 0 Å². The molecule has 0 aliphatic heterocycles. The molecule has 0 bridgehead atoms. The summed E-state index contributed by atoms with van der Waals surface area (Å²) in [6.45, 7) is 1.89. The molecule has 0 radical (unpaired) electrons. The summed E-state index contributed by atoms with van der Waals surface area (Å²) in [5.74, 6) is 0.367. The second kappa shape index (κ2) is 5.63. The Bertz CT molecular complexity index is 450. The van der Waals surface area contributed by atoms with Crippen LogP contribution in [0.5, 0.6) is 0 Å². The minimum Gasteiger partial charge on any atom is -0.368 e. The summed E-state index contributed by atoms with van der Waals surface area (Å²) in [5, 5.41) is 3.34. The third-order valence-corrected chi connectivity index (χ3v) is 4.77. The van der Waals surface area contributed by atoms with Gasteiger partial charge < -0.3 is 11.1 Å². The first-order chi connectivity index (χ1) is 8.49. The number of nitrogens with two attached hydrogens (primary N) is 1. The lowest BCUT2D eigenvalue weighted by Crippen LogP contribution is -2.55. The first-order valence-corrected chi connectivity index (χ1v) is 7.73. The molecule has 0 saturated heterocycles. The molecule has 1 aliphatic rings. The zero-order valence-electron chi connectivity index (χ0n) is 10.3. The number of amides is 1. The van der Waals surface area contributed by atoms with Crippen LogP contribution < -0.4 is 11.1 Å². The summed E-state index contributed by atoms with van der Waals surface area (Å²) in [7, 11) is 0. The zero-order valence-corrected chi connectivity index (χ0v) is 12.7. The van der Waals surface area contributed by atoms with E-state index >= 15 is 0 Å². The van der Waals surface area contributed by atoms with Crippen molar-refractivity contribution in [2.24, 2.45) is 5.73 Å². The van der Waals surface area contributed by atoms with Crippen molar-refractivity contribution < 1.29 is 4.79 Å². The van der Waals surface area contributed by atoms with Crippen LogP contribution in [0.1, 0.15) is 19.8 Å². The van der Waals surface area contributed by atoms with E-state index in [2.05, 4.69) is 21.2 Å². The molecule has 3 nitrogen and oxygen atoms in total. The lowest BCUT2D eigenvalue weighted by Gasteiger charge is -2.27. The molecule has 98 valence electrons. The average Bonchev–Trinajstić information content (AvgIpc) is 3.10. The molecule has 1 atom stereocenters. The highest BCUT2D eigenvalue weighted by atomic mass is 79.9. The van der Waals surface area contributed by atoms with Crippen molar-refractivity contribution in [2.45, 2.75) is 36.2 Å². The number of carbonyl (C=O) groups is 1. The minimum absolute atomic E-state index is 0.281. The molecule has 1 aromatic carbocycles. The van der Waals surface area contributed by atoms with Crippen molar-refractivity contribution in [2.75, 3.05) is 5.75 Å². The molecule has 0 aromatic heterocycles. The van der Waals surface area contributed by atoms with Crippen LogP contribution in [0.15, 0.2) is 33.6 Å². The highest BCUT2D eigenvalue weighted by Crippen LogP contribution is 2.28. The van der Waals surface area contributed by atoms with Crippen molar-refractivity contribution in [1.82, 2.24) is 5.32 Å². The lowest BCUT2D eigenvalue weighted by molar-refractivity contribution is -0.123. The van der Waals surface area contributed by atoms with E-state index in [1.807, 2.05) is 31.2 Å². The van der Waals surface area contributed by atoms with Gasteiger partial charge in [0.05, 0.1) is 0 Å². The molecule has 0 heterocycles. The number of carbonyl (C=O) groups excluding carboxylic acids is 1. The van der Waals surface area contributed by atoms with Crippen LogP contribution in [0.2, 0.25) is 0 Å². The fourth-order valence-corrected chi connectivity index (χ4v) is 3.26. The summed E-state index contributed by atoms with van der Waals surface area (Å²) in [6, 6.07) is 8.52. The summed E-state index contributed by atoms with van der Waals surface area (Å²) in [4.78, 5) is 12.7. The molecule has 1 aliphatic carbocycles. The van der Waals surface area contributed by atoms with Crippen molar-refractivity contribution >= 4 is 33.6 Å². The summed E-state index contributed by atoms with van der Waals surface area (Å²) < 4.78 is 1.04. The second-order valence-corrected chi connectivity index (χ2v) is 6.83. The van der Waals surface area contributed by atoms with Gasteiger partial charge in [-0.2, -0.15) is 0 Å². The van der Waals surface area contributed by atoms with Gasteiger partial charge in [-0.1, -0.05) is 22.0 Å². The van der Waals surface area contributed by atoms with E-state index in [1.54, 1.807) is 11.8 Å². The maximum atomic E-state index is 11.6. The van der Waals surface area contributed by atoms with Gasteiger partial charge in [-0.25, -0.2) is 0 Å². The van der Waals surface area contributed by atoms with Gasteiger partial charge in [0.2, 0.25) is 5.91 Å². The Morgan fingerprint density at radius 2 is 2.33 bits per heavy atom. The number of halogens is 1. The number of thioether (sulfide) groups is 1. The maximum Gasteiger partial charge on any atom is 0.238 e. The van der Waals surface area contributed by atoms with E-state index < -0.39 is 5.54 Å². The number of nitrogens with one attached hydrogen (secondary N) is 1. The Morgan fingerprint density at radius 3 is 2.89 bits per heavy atom. The number of hydrogen-bond acceptors (Lipinski definition) is 3. The van der Waals surface area contributed by atoms with Crippen LogP contribution in [0.25, 0.3) is 0 Å². The van der Waals surface area contributed by atoms with Crippen molar-refractivity contribution in [3.8, 4) is 0 Å². The van der Waals surface area contributed by atoms with Crippen LogP contribution >= 0.6 is 27.7 Å². The van der Waals surface area contributed by atoms with Crippen LogP contribution in [0, 0.1) is 0 Å². The number of primary amides is 1. The summed E-state index contributed by atoms with van der Waals surface area (Å²) >= 11 is 5.09. The molecule has 1 aromatic rings. The molecular weight excluding hydrogens is 312 g/mol. The Labute approximate surface area is 120 Å². The van der Waals surface area contributed by atoms with E-state index in [4.69, 9.17) is 5.73 Å². The SMILES string of the molecule is CC(CSc1cccc(Br)c1)(NC1CC1)C(N)=O. The molecule has 2 rings (SSSR count). The van der Waals surface area contributed by atoms with Gasteiger partial charge in [-0.3, -0.25) is 4.79 Å². The maximum absolute atomic E-state index is 11.6. The summed E-state index contributed by atoms with van der Waals surface area (Å²) in [5.41, 5.74) is 4.89. The fraction of sp³-hybridized carbons (Fsp3) is 0.462. The van der Waals surface area contributed by atoms with Crippen molar-refractivity contribution in [3.63, 3.8) is 0 Å². The van der Waals surface area contributed by atoms with Gasteiger partial charge in [0.1, 0.15) is 5.54 Å². The van der Waals surface area contributed by atoms with E-state index in [9.17, 15) is 4.79 Å². The molecule has 1 saturated carbocycles. The molecule has 5 heteroatoms. The van der Waals surface area contributed by atoms with Gasteiger partial charge in [0, 0.05) is 21.2 Å². The number of rotatable bonds is 6. The Morgan fingerprint density at radius 1 is 1.61 bits per heavy atom. The predicted octanol–water partition coefficient (Wildman–Crippen LogP) is 2.54. The van der Waals surface area contributed by atoms with Crippen LogP contribution in [-0.4, -0.2) is 23.2 Å². The van der Waals surface area contributed by atoms with Crippen LogP contribution in [0.3, 0.4) is 0 Å². The van der Waals surface area contributed by atoms with Gasteiger partial charge in [-0.05, 0) is 38.0 Å². The lowest BCUT2D eigenvalue weighted by atomic mass is 10.1. The first kappa shape index (κ1) is 13.9. The topological polar surface area (TPSA) is 55.1 Å². The largest absolute Gasteiger partial charge is 0.368 e. The highest BCUT2D eigenvalue weighted by molar-refractivity contribution is 9.10. The first-order valence-electron chi connectivity index (χ1n) is 5.95. The zero-order chi connectivity index (χ0) is 13.2. The van der Waals surface area contributed by atoms with E-state index in [0.29, 0.717) is 11.8 Å². The smallest absolute Gasteiger partial charge is 0.238 e. The molecular formula is C13H17BrN2OS. The number of benzene rings is 1. The van der Waals surface area contributed by atoms with Crippen molar-refractivity contribution in [1.29, 1.82) is 0 Å². The highest BCUT2D eigenvalue weighted by Gasteiger charge is 2.36. The fourth-order valence-electron chi connectivity index (χ4n) is 1.65. The molecule has 0 spiro atoms. The van der Waals surface area contributed by atoms with Gasteiger partial charge in [0.15, 0.2) is 0 Å². The third kappa shape index (κ3) is 3.73. The standard InChI is InChI=1S/C13H17BrN2OS/c1-13(12(15)17,16-10-5-6-10)8-18-11-4-2-3-9(14)7-11/h2-4,7,10,16H,5-6,8H2,1H3,(H2,15,17). The molecule has 1 amide bonds. The minimum atomic E-state index is -0.631. The Kier molecular flexibility index (Phi) is 4.35. The van der Waals surface area contributed by atoms with E-state index in [0.717, 1.165) is 22.2 Å². The normalized spacial score (nSPS) is 18.3. The monoisotopic (exact) mass is 328 g/mol. The van der Waals surface area contributed by atoms with Gasteiger partial charge >= 0.3 is 0 Å². The second-order valence-electron chi connectivity index (χ2n) is 4.86.